The van der Waals surface area contributed by atoms with Crippen molar-refractivity contribution >= 4 is 23.8 Å². The Balaban J connectivity index is 2.69. The lowest BCUT2D eigenvalue weighted by Gasteiger charge is -2.31. The minimum atomic E-state index is -2.60. The quantitative estimate of drug-likeness (QED) is 0.589. The molecule has 1 aliphatic rings. The number of carbonyl (C=O) groups is 2. The van der Waals surface area contributed by atoms with Crippen LogP contribution in [0, 0.1) is 5.92 Å². The summed E-state index contributed by atoms with van der Waals surface area (Å²) in [7, 11) is 0. The van der Waals surface area contributed by atoms with Gasteiger partial charge in [0.2, 0.25) is 5.60 Å². The van der Waals surface area contributed by atoms with Crippen molar-refractivity contribution in [2.24, 2.45) is 10.9 Å². The van der Waals surface area contributed by atoms with Crippen molar-refractivity contribution in [2.75, 3.05) is 0 Å². The highest BCUT2D eigenvalue weighted by Gasteiger charge is 2.52. The average molecular weight is 251 g/mol. The third-order valence-electron chi connectivity index (χ3n) is 2.80. The van der Waals surface area contributed by atoms with Gasteiger partial charge in [-0.05, 0) is 12.1 Å². The zero-order valence-corrected chi connectivity index (χ0v) is 8.94. The lowest BCUT2D eigenvalue weighted by molar-refractivity contribution is -0.171. The second kappa shape index (κ2) is 3.81. The van der Waals surface area contributed by atoms with Gasteiger partial charge in [0.25, 0.3) is 0 Å². The second-order valence-corrected chi connectivity index (χ2v) is 3.87. The number of rotatable bonds is 2. The second-order valence-electron chi connectivity index (χ2n) is 3.87. The highest BCUT2D eigenvalue weighted by Crippen LogP contribution is 2.41. The van der Waals surface area contributed by atoms with Crippen molar-refractivity contribution in [1.82, 2.24) is 0 Å². The number of fused-ring (bicyclic) bond motifs is 1. The number of aliphatic imine (C=N–C) groups is 1. The van der Waals surface area contributed by atoms with Crippen molar-refractivity contribution < 1.29 is 30.0 Å². The number of nitrogens with zero attached hydrogens (tertiary/aromatic N) is 1. The van der Waals surface area contributed by atoms with Crippen LogP contribution >= 0.6 is 0 Å². The van der Waals surface area contributed by atoms with Crippen LogP contribution in [0.4, 0.5) is 5.69 Å². The minimum absolute atomic E-state index is 0.0254. The van der Waals surface area contributed by atoms with Gasteiger partial charge < -0.3 is 20.4 Å². The van der Waals surface area contributed by atoms with Crippen molar-refractivity contribution in [3.8, 4) is 5.75 Å². The Bertz CT molecular complexity index is 567. The summed E-state index contributed by atoms with van der Waals surface area (Å²) in [5, 5.41) is 37.5. The number of hydrogen-bond donors (Lipinski definition) is 4. The number of hydrogen-bond acceptors (Lipinski definition) is 5. The Kier molecular flexibility index (Phi) is 2.55. The number of aromatic hydroxyl groups is 1. The van der Waals surface area contributed by atoms with E-state index in [9.17, 15) is 19.8 Å². The van der Waals surface area contributed by atoms with Gasteiger partial charge in [0.15, 0.2) is 0 Å². The monoisotopic (exact) mass is 251 g/mol. The van der Waals surface area contributed by atoms with E-state index in [4.69, 9.17) is 10.2 Å². The maximum Gasteiger partial charge on any atom is 0.341 e. The van der Waals surface area contributed by atoms with Crippen LogP contribution in [0.15, 0.2) is 23.2 Å². The van der Waals surface area contributed by atoms with Crippen molar-refractivity contribution in [3.05, 3.63) is 23.8 Å². The fourth-order valence-corrected chi connectivity index (χ4v) is 1.87. The van der Waals surface area contributed by atoms with E-state index in [1.54, 1.807) is 0 Å². The van der Waals surface area contributed by atoms with Gasteiger partial charge in [0, 0.05) is 17.8 Å². The maximum atomic E-state index is 11.2. The summed E-state index contributed by atoms with van der Waals surface area (Å²) in [5.74, 6) is -5.03. The standard InChI is InChI=1S/C11H9NO6/c13-5-1-2-6-8(3-5)12-4-7(9(14)15)11(6,18)10(16)17/h1-4,7,13,18H,(H,14,15)(H,16,17). The maximum absolute atomic E-state index is 11.2. The van der Waals surface area contributed by atoms with Crippen LogP contribution in [0.25, 0.3) is 0 Å². The molecule has 0 spiro atoms. The molecule has 1 aromatic carbocycles. The molecule has 0 aliphatic carbocycles. The van der Waals surface area contributed by atoms with E-state index < -0.39 is 23.5 Å². The predicted octanol–water partition coefficient (Wildman–Crippen LogP) is 0.0811. The summed E-state index contributed by atoms with van der Waals surface area (Å²) >= 11 is 0. The molecule has 1 heterocycles. The molecule has 2 rings (SSSR count). The zero-order valence-electron chi connectivity index (χ0n) is 8.94. The van der Waals surface area contributed by atoms with Gasteiger partial charge in [-0.1, -0.05) is 0 Å². The van der Waals surface area contributed by atoms with Crippen molar-refractivity contribution in [1.29, 1.82) is 0 Å². The number of phenols is 1. The normalized spacial score (nSPS) is 25.5. The van der Waals surface area contributed by atoms with Crippen LogP contribution < -0.4 is 0 Å². The number of carboxylic acids is 2. The van der Waals surface area contributed by atoms with E-state index in [-0.39, 0.29) is 17.0 Å². The van der Waals surface area contributed by atoms with Gasteiger partial charge in [0.1, 0.15) is 11.7 Å². The molecule has 2 atom stereocenters. The largest absolute Gasteiger partial charge is 0.508 e. The van der Waals surface area contributed by atoms with E-state index in [1.807, 2.05) is 0 Å². The molecule has 0 fully saturated rings. The molecule has 0 bridgehead atoms. The fraction of sp³-hybridized carbons (Fsp3) is 0.182. The van der Waals surface area contributed by atoms with Gasteiger partial charge in [-0.3, -0.25) is 9.79 Å². The Morgan fingerprint density at radius 1 is 1.28 bits per heavy atom. The first-order chi connectivity index (χ1) is 8.37. The Hall–Kier alpha value is -2.41. The van der Waals surface area contributed by atoms with Gasteiger partial charge >= 0.3 is 11.9 Å². The van der Waals surface area contributed by atoms with Gasteiger partial charge in [-0.25, -0.2) is 4.79 Å². The van der Waals surface area contributed by atoms with E-state index in [1.165, 1.54) is 0 Å². The molecule has 0 radical (unpaired) electrons. The molecular formula is C11H9NO6. The van der Waals surface area contributed by atoms with Crippen LogP contribution in [-0.4, -0.2) is 38.6 Å². The lowest BCUT2D eigenvalue weighted by Crippen LogP contribution is -2.48. The molecule has 7 heteroatoms. The molecule has 0 saturated carbocycles. The van der Waals surface area contributed by atoms with E-state index in [2.05, 4.69) is 4.99 Å². The molecule has 1 aromatic rings. The fourth-order valence-electron chi connectivity index (χ4n) is 1.87. The summed E-state index contributed by atoms with van der Waals surface area (Å²) in [5.41, 5.74) is -2.74. The highest BCUT2D eigenvalue weighted by molar-refractivity contribution is 6.01. The summed E-state index contributed by atoms with van der Waals surface area (Å²) in [6.45, 7) is 0. The van der Waals surface area contributed by atoms with Crippen LogP contribution in [-0.2, 0) is 15.2 Å². The van der Waals surface area contributed by atoms with Crippen molar-refractivity contribution in [3.63, 3.8) is 0 Å². The number of aliphatic carboxylic acids is 2. The van der Waals surface area contributed by atoms with E-state index in [0.29, 0.717) is 0 Å². The molecule has 1 aliphatic heterocycles. The summed E-state index contributed by atoms with van der Waals surface area (Å²) < 4.78 is 0. The third kappa shape index (κ3) is 1.52. The summed E-state index contributed by atoms with van der Waals surface area (Å²) in [4.78, 5) is 25.9. The summed E-state index contributed by atoms with van der Waals surface area (Å²) in [6, 6.07) is 3.45. The smallest absolute Gasteiger partial charge is 0.341 e. The predicted molar refractivity (Wildman–Crippen MR) is 58.9 cm³/mol. The van der Waals surface area contributed by atoms with Crippen LogP contribution in [0.2, 0.25) is 0 Å². The Morgan fingerprint density at radius 3 is 2.50 bits per heavy atom. The third-order valence-corrected chi connectivity index (χ3v) is 2.80. The molecule has 0 amide bonds. The molecule has 0 saturated heterocycles. The molecular weight excluding hydrogens is 242 g/mol. The number of phenolic OH excluding ortho intramolecular Hbond substituents is 1. The Morgan fingerprint density at radius 2 is 1.94 bits per heavy atom. The molecule has 94 valence electrons. The summed E-state index contributed by atoms with van der Waals surface area (Å²) in [6.07, 6.45) is 0.845. The van der Waals surface area contributed by atoms with Gasteiger partial charge in [-0.15, -0.1) is 0 Å². The van der Waals surface area contributed by atoms with Crippen LogP contribution in [0.5, 0.6) is 5.75 Å². The topological polar surface area (TPSA) is 127 Å². The van der Waals surface area contributed by atoms with Gasteiger partial charge in [0.05, 0.1) is 5.69 Å². The number of benzene rings is 1. The average Bonchev–Trinajstić information content (AvgIpc) is 2.28. The number of carboxylic acid groups (broad SMARTS) is 2. The first kappa shape index (κ1) is 12.1. The SMILES string of the molecule is O=C(O)C1C=Nc2cc(O)ccc2C1(O)C(=O)O. The molecule has 0 aromatic heterocycles. The highest BCUT2D eigenvalue weighted by atomic mass is 16.4. The molecule has 4 N–H and O–H groups in total. The van der Waals surface area contributed by atoms with E-state index >= 15 is 0 Å². The molecule has 7 nitrogen and oxygen atoms in total. The zero-order chi connectivity index (χ0) is 13.5. The van der Waals surface area contributed by atoms with Crippen molar-refractivity contribution in [2.45, 2.75) is 5.60 Å². The lowest BCUT2D eigenvalue weighted by atomic mass is 9.79. The molecule has 2 unspecified atom stereocenters. The van der Waals surface area contributed by atoms with Crippen LogP contribution in [0.3, 0.4) is 0 Å². The minimum Gasteiger partial charge on any atom is -0.508 e. The first-order valence-corrected chi connectivity index (χ1v) is 4.93. The van der Waals surface area contributed by atoms with Crippen LogP contribution in [0.1, 0.15) is 5.56 Å². The number of aliphatic hydroxyl groups is 1. The Labute approximate surface area is 101 Å². The van der Waals surface area contributed by atoms with E-state index in [0.717, 1.165) is 24.4 Å². The molecule has 18 heavy (non-hydrogen) atoms. The van der Waals surface area contributed by atoms with Gasteiger partial charge in [-0.2, -0.15) is 0 Å². The first-order valence-electron chi connectivity index (χ1n) is 4.93.